The van der Waals surface area contributed by atoms with Crippen molar-refractivity contribution >= 4 is 40.6 Å². The van der Waals surface area contributed by atoms with Gasteiger partial charge in [0.05, 0.1) is 23.2 Å². The lowest BCUT2D eigenvalue weighted by Gasteiger charge is -2.28. The fraction of sp³-hybridized carbons (Fsp3) is 0.409. The molecule has 0 aliphatic carbocycles. The Kier molecular flexibility index (Phi) is 8.06. The quantitative estimate of drug-likeness (QED) is 0.640. The van der Waals surface area contributed by atoms with Crippen LogP contribution in [-0.4, -0.2) is 60.4 Å². The summed E-state index contributed by atoms with van der Waals surface area (Å²) in [6.07, 6.45) is 0.562. The molecule has 9 heteroatoms. The lowest BCUT2D eigenvalue weighted by atomic mass is 10.0. The number of benzene rings is 1. The number of hydrogen-bond donors (Lipinski definition) is 1. The molecule has 0 fully saturated rings. The number of hydrazone groups is 1. The molecule has 31 heavy (non-hydrogen) atoms. The molecular weight excluding hydrogens is 436 g/mol. The molecule has 1 N–H and O–H groups in total. The molecule has 1 aliphatic rings. The van der Waals surface area contributed by atoms with Crippen molar-refractivity contribution in [2.24, 2.45) is 5.10 Å². The molecule has 0 saturated heterocycles. The Hall–Kier alpha value is -2.42. The summed E-state index contributed by atoms with van der Waals surface area (Å²) >= 11 is 8.03. The number of rotatable bonds is 8. The van der Waals surface area contributed by atoms with Crippen LogP contribution in [0, 0.1) is 0 Å². The van der Waals surface area contributed by atoms with Crippen molar-refractivity contribution in [3.8, 4) is 0 Å². The van der Waals surface area contributed by atoms with Crippen molar-refractivity contribution in [2.75, 3.05) is 26.8 Å². The zero-order valence-corrected chi connectivity index (χ0v) is 19.4. The minimum absolute atomic E-state index is 0.0428. The minimum atomic E-state index is -0.323. The zero-order valence-electron chi connectivity index (χ0n) is 17.9. The highest BCUT2D eigenvalue weighted by Crippen LogP contribution is 2.37. The van der Waals surface area contributed by atoms with E-state index in [0.29, 0.717) is 24.6 Å². The first kappa shape index (κ1) is 23.2. The van der Waals surface area contributed by atoms with Crippen molar-refractivity contribution in [2.45, 2.75) is 32.4 Å². The third kappa shape index (κ3) is 5.84. The second-order valence-corrected chi connectivity index (χ2v) is 8.88. The number of carbonyl (C=O) groups is 2. The van der Waals surface area contributed by atoms with Crippen LogP contribution in [0.4, 0.5) is 4.79 Å². The third-order valence-electron chi connectivity index (χ3n) is 4.83. The highest BCUT2D eigenvalue weighted by atomic mass is 35.5. The van der Waals surface area contributed by atoms with E-state index >= 15 is 0 Å². The van der Waals surface area contributed by atoms with Crippen molar-refractivity contribution in [1.82, 2.24) is 15.2 Å². The molecular formula is C22H27ClN4O3S. The normalized spacial score (nSPS) is 15.8. The topological polar surface area (TPSA) is 74.2 Å². The number of thiophene rings is 1. The van der Waals surface area contributed by atoms with Gasteiger partial charge in [0.15, 0.2) is 0 Å². The summed E-state index contributed by atoms with van der Waals surface area (Å²) in [4.78, 5) is 28.4. The number of amides is 3. The summed E-state index contributed by atoms with van der Waals surface area (Å²) in [5.74, 6) is -0.272. The number of carbonyl (C=O) groups excluding carboxylic acids is 2. The molecule has 3 amide bonds. The van der Waals surface area contributed by atoms with Gasteiger partial charge in [-0.3, -0.25) is 4.79 Å². The van der Waals surface area contributed by atoms with Gasteiger partial charge in [0.2, 0.25) is 0 Å². The lowest BCUT2D eigenvalue weighted by molar-refractivity contribution is -0.133. The number of hydrogen-bond acceptors (Lipinski definition) is 5. The van der Waals surface area contributed by atoms with Gasteiger partial charge in [-0.25, -0.2) is 9.80 Å². The summed E-state index contributed by atoms with van der Waals surface area (Å²) in [5.41, 5.74) is 1.67. The predicted octanol–water partition coefficient (Wildman–Crippen LogP) is 4.15. The Morgan fingerprint density at radius 3 is 2.74 bits per heavy atom. The van der Waals surface area contributed by atoms with Gasteiger partial charge in [-0.05, 0) is 36.9 Å². The Bertz CT molecular complexity index is 933. The maximum atomic E-state index is 13.3. The van der Waals surface area contributed by atoms with Gasteiger partial charge in [-0.15, -0.1) is 11.3 Å². The Balaban J connectivity index is 1.86. The van der Waals surface area contributed by atoms with Crippen LogP contribution in [0.3, 0.4) is 0 Å². The molecule has 1 aliphatic heterocycles. The number of methoxy groups -OCH3 is 1. The monoisotopic (exact) mass is 462 g/mol. The van der Waals surface area contributed by atoms with E-state index in [-0.39, 0.29) is 30.6 Å². The van der Waals surface area contributed by atoms with E-state index in [1.165, 1.54) is 9.91 Å². The summed E-state index contributed by atoms with van der Waals surface area (Å²) in [6.45, 7) is 4.27. The second kappa shape index (κ2) is 10.7. The molecule has 166 valence electrons. The first-order valence-electron chi connectivity index (χ1n) is 10.1. The van der Waals surface area contributed by atoms with Crippen LogP contribution in [0.25, 0.3) is 0 Å². The van der Waals surface area contributed by atoms with Gasteiger partial charge in [0.1, 0.15) is 6.54 Å². The van der Waals surface area contributed by atoms with Gasteiger partial charge in [-0.1, -0.05) is 35.9 Å². The van der Waals surface area contributed by atoms with Gasteiger partial charge < -0.3 is 15.0 Å². The molecule has 0 unspecified atom stereocenters. The summed E-state index contributed by atoms with van der Waals surface area (Å²) in [7, 11) is 1.56. The molecule has 0 saturated carbocycles. The number of halogens is 1. The molecule has 0 spiro atoms. The molecule has 2 heterocycles. The van der Waals surface area contributed by atoms with Crippen LogP contribution in [-0.2, 0) is 9.53 Å². The van der Waals surface area contributed by atoms with Gasteiger partial charge in [-0.2, -0.15) is 5.10 Å². The van der Waals surface area contributed by atoms with E-state index in [4.69, 9.17) is 16.3 Å². The zero-order chi connectivity index (χ0) is 22.4. The van der Waals surface area contributed by atoms with Crippen molar-refractivity contribution in [1.29, 1.82) is 0 Å². The first-order valence-corrected chi connectivity index (χ1v) is 11.4. The van der Waals surface area contributed by atoms with Crippen LogP contribution < -0.4 is 5.32 Å². The first-order chi connectivity index (χ1) is 14.9. The standard InChI is InChI=1S/C22H27ClN4O3S/c1-15(2)24-22(29)26(10-11-30-3)14-21(28)27-19(16-7-4-5-8-17(16)23)13-18(25-27)20-9-6-12-31-20/h4-9,12,15,19H,10-11,13-14H2,1-3H3,(H,24,29)/t19-/m0/s1. The fourth-order valence-electron chi connectivity index (χ4n) is 3.35. The van der Waals surface area contributed by atoms with Crippen molar-refractivity contribution < 1.29 is 14.3 Å². The Labute approximate surface area is 191 Å². The molecule has 0 bridgehead atoms. The largest absolute Gasteiger partial charge is 0.383 e. The predicted molar refractivity (Wildman–Crippen MR) is 124 cm³/mol. The summed E-state index contributed by atoms with van der Waals surface area (Å²) in [5, 5.41) is 11.5. The van der Waals surface area contributed by atoms with Crippen molar-refractivity contribution in [3.05, 3.63) is 57.2 Å². The van der Waals surface area contributed by atoms with E-state index < -0.39 is 0 Å². The summed E-state index contributed by atoms with van der Waals surface area (Å²) < 4.78 is 5.12. The van der Waals surface area contributed by atoms with E-state index in [1.807, 2.05) is 55.6 Å². The van der Waals surface area contributed by atoms with Crippen LogP contribution in [0.5, 0.6) is 0 Å². The molecule has 2 aromatic rings. The van der Waals surface area contributed by atoms with Crippen LogP contribution >= 0.6 is 22.9 Å². The van der Waals surface area contributed by atoms with Crippen LogP contribution in [0.2, 0.25) is 5.02 Å². The Morgan fingerprint density at radius 2 is 2.10 bits per heavy atom. The van der Waals surface area contributed by atoms with Gasteiger partial charge >= 0.3 is 6.03 Å². The highest BCUT2D eigenvalue weighted by Gasteiger charge is 2.35. The van der Waals surface area contributed by atoms with E-state index in [0.717, 1.165) is 16.2 Å². The lowest BCUT2D eigenvalue weighted by Crippen LogP contribution is -2.48. The maximum absolute atomic E-state index is 13.3. The number of nitrogens with zero attached hydrogens (tertiary/aromatic N) is 3. The maximum Gasteiger partial charge on any atom is 0.318 e. The van der Waals surface area contributed by atoms with Gasteiger partial charge in [0.25, 0.3) is 5.91 Å². The molecule has 0 radical (unpaired) electrons. The van der Waals surface area contributed by atoms with E-state index in [1.54, 1.807) is 18.4 Å². The molecule has 7 nitrogen and oxygen atoms in total. The van der Waals surface area contributed by atoms with Crippen LogP contribution in [0.15, 0.2) is 46.9 Å². The fourth-order valence-corrected chi connectivity index (χ4v) is 4.33. The number of urea groups is 1. The second-order valence-electron chi connectivity index (χ2n) is 7.52. The molecule has 3 rings (SSSR count). The average Bonchev–Trinajstić information content (AvgIpc) is 3.40. The molecule has 1 atom stereocenters. The number of nitrogens with one attached hydrogen (secondary N) is 1. The minimum Gasteiger partial charge on any atom is -0.383 e. The van der Waals surface area contributed by atoms with Crippen LogP contribution in [0.1, 0.15) is 36.8 Å². The van der Waals surface area contributed by atoms with Crippen molar-refractivity contribution in [3.63, 3.8) is 0 Å². The smallest absolute Gasteiger partial charge is 0.318 e. The third-order valence-corrected chi connectivity index (χ3v) is 6.09. The SMILES string of the molecule is COCCN(CC(=O)N1N=C(c2cccs2)C[C@H]1c1ccccc1Cl)C(=O)NC(C)C. The Morgan fingerprint density at radius 1 is 1.32 bits per heavy atom. The van der Waals surface area contributed by atoms with E-state index in [9.17, 15) is 9.59 Å². The summed E-state index contributed by atoms with van der Waals surface area (Å²) in [6, 6.07) is 10.7. The number of ether oxygens (including phenoxy) is 1. The highest BCUT2D eigenvalue weighted by molar-refractivity contribution is 7.12. The van der Waals surface area contributed by atoms with Gasteiger partial charge in [0, 0.05) is 31.1 Å². The molecule has 1 aromatic heterocycles. The average molecular weight is 463 g/mol. The van der Waals surface area contributed by atoms with E-state index in [2.05, 4.69) is 10.4 Å². The molecule has 1 aromatic carbocycles.